The zero-order valence-corrected chi connectivity index (χ0v) is 9.25. The van der Waals surface area contributed by atoms with Gasteiger partial charge in [0.05, 0.1) is 0 Å². The van der Waals surface area contributed by atoms with Crippen molar-refractivity contribution in [2.75, 3.05) is 0 Å². The van der Waals surface area contributed by atoms with Gasteiger partial charge in [-0.25, -0.2) is 4.68 Å². The predicted octanol–water partition coefficient (Wildman–Crippen LogP) is 3.46. The zero-order chi connectivity index (χ0) is 11.2. The Bertz CT molecular complexity index is 479. The van der Waals surface area contributed by atoms with Crippen molar-refractivity contribution in [1.82, 2.24) is 9.78 Å². The van der Waals surface area contributed by atoms with E-state index in [-0.39, 0.29) is 0 Å². The number of rotatable bonds is 3. The van der Waals surface area contributed by atoms with Crippen molar-refractivity contribution in [3.05, 3.63) is 66.0 Å². The zero-order valence-electron chi connectivity index (χ0n) is 9.25. The van der Waals surface area contributed by atoms with Crippen molar-refractivity contribution in [2.45, 2.75) is 6.92 Å². The summed E-state index contributed by atoms with van der Waals surface area (Å²) in [5, 5.41) is 4.10. The highest BCUT2D eigenvalue weighted by molar-refractivity contribution is 5.56. The fraction of sp³-hybridized carbons (Fsp3) is 0.0714. The van der Waals surface area contributed by atoms with E-state index in [0.29, 0.717) is 0 Å². The molecular weight excluding hydrogens is 196 g/mol. The summed E-state index contributed by atoms with van der Waals surface area (Å²) in [7, 11) is 0. The van der Waals surface area contributed by atoms with Gasteiger partial charge in [0.2, 0.25) is 0 Å². The van der Waals surface area contributed by atoms with Crippen LogP contribution in [0.15, 0.2) is 60.4 Å². The highest BCUT2D eigenvalue weighted by atomic mass is 15.2. The second-order valence-corrected chi connectivity index (χ2v) is 3.60. The van der Waals surface area contributed by atoms with Crippen molar-refractivity contribution in [3.63, 3.8) is 0 Å². The van der Waals surface area contributed by atoms with Crippen LogP contribution in [0.25, 0.3) is 12.3 Å². The fourth-order valence-electron chi connectivity index (χ4n) is 1.42. The summed E-state index contributed by atoms with van der Waals surface area (Å²) in [6.45, 7) is 2.08. The molecule has 1 aromatic carbocycles. The summed E-state index contributed by atoms with van der Waals surface area (Å²) in [6.07, 6.45) is 9.79. The van der Waals surface area contributed by atoms with Gasteiger partial charge in [-0.3, -0.25) is 0 Å². The van der Waals surface area contributed by atoms with E-state index in [9.17, 15) is 0 Å². The van der Waals surface area contributed by atoms with E-state index in [0.717, 1.165) is 0 Å². The van der Waals surface area contributed by atoms with Crippen molar-refractivity contribution in [1.29, 1.82) is 0 Å². The molecule has 2 rings (SSSR count). The Kier molecular flexibility index (Phi) is 3.34. The van der Waals surface area contributed by atoms with Crippen LogP contribution in [0.5, 0.6) is 0 Å². The summed E-state index contributed by atoms with van der Waals surface area (Å²) < 4.78 is 1.78. The molecule has 80 valence electrons. The average Bonchev–Trinajstić information content (AvgIpc) is 2.81. The van der Waals surface area contributed by atoms with Gasteiger partial charge in [-0.15, -0.1) is 0 Å². The smallest absolute Gasteiger partial charge is 0.0493 e. The predicted molar refractivity (Wildman–Crippen MR) is 67.7 cm³/mol. The van der Waals surface area contributed by atoms with Gasteiger partial charge in [0.25, 0.3) is 0 Å². The molecule has 2 heteroatoms. The highest BCUT2D eigenvalue weighted by Gasteiger charge is 1.87. The van der Waals surface area contributed by atoms with Crippen molar-refractivity contribution >= 4 is 12.3 Å². The molecule has 0 atom stereocenters. The lowest BCUT2D eigenvalue weighted by Crippen LogP contribution is -1.84. The van der Waals surface area contributed by atoms with E-state index in [1.165, 1.54) is 11.1 Å². The Labute approximate surface area is 95.5 Å². The Morgan fingerprint density at radius 2 is 2.00 bits per heavy atom. The number of allylic oxidation sites excluding steroid dienone is 2. The minimum Gasteiger partial charge on any atom is -0.248 e. The third-order valence-corrected chi connectivity index (χ3v) is 2.21. The first-order chi connectivity index (χ1) is 7.84. The lowest BCUT2D eigenvalue weighted by atomic mass is 10.1. The number of benzene rings is 1. The molecule has 0 unspecified atom stereocenters. The van der Waals surface area contributed by atoms with Crippen LogP contribution in [-0.2, 0) is 0 Å². The van der Waals surface area contributed by atoms with Crippen LogP contribution in [0.1, 0.15) is 12.5 Å². The van der Waals surface area contributed by atoms with Gasteiger partial charge >= 0.3 is 0 Å². The van der Waals surface area contributed by atoms with Gasteiger partial charge in [-0.05, 0) is 30.2 Å². The van der Waals surface area contributed by atoms with Crippen LogP contribution >= 0.6 is 0 Å². The van der Waals surface area contributed by atoms with Gasteiger partial charge in [-0.1, -0.05) is 36.4 Å². The summed E-state index contributed by atoms with van der Waals surface area (Å²) >= 11 is 0. The van der Waals surface area contributed by atoms with E-state index in [1.807, 2.05) is 42.7 Å². The maximum absolute atomic E-state index is 4.10. The van der Waals surface area contributed by atoms with E-state index in [2.05, 4.69) is 30.2 Å². The Hall–Kier alpha value is -2.09. The molecule has 0 bridgehead atoms. The second-order valence-electron chi connectivity index (χ2n) is 3.60. The summed E-state index contributed by atoms with van der Waals surface area (Å²) in [6, 6.07) is 12.2. The average molecular weight is 210 g/mol. The highest BCUT2D eigenvalue weighted by Crippen LogP contribution is 2.07. The molecule has 0 fully saturated rings. The van der Waals surface area contributed by atoms with E-state index < -0.39 is 0 Å². The van der Waals surface area contributed by atoms with Crippen molar-refractivity contribution < 1.29 is 0 Å². The molecule has 0 saturated heterocycles. The SMILES string of the molecule is CC(/C=C\n1cccn1)=C\c1ccccc1. The summed E-state index contributed by atoms with van der Waals surface area (Å²) in [4.78, 5) is 0. The first-order valence-electron chi connectivity index (χ1n) is 5.25. The molecule has 0 amide bonds. The number of hydrogen-bond acceptors (Lipinski definition) is 1. The van der Waals surface area contributed by atoms with Gasteiger partial charge in [0.15, 0.2) is 0 Å². The minimum absolute atomic E-state index is 1.20. The fourth-order valence-corrected chi connectivity index (χ4v) is 1.42. The number of nitrogens with zero attached hydrogens (tertiary/aromatic N) is 2. The van der Waals surface area contributed by atoms with Crippen LogP contribution in [0, 0.1) is 0 Å². The quantitative estimate of drug-likeness (QED) is 0.709. The molecule has 0 aliphatic rings. The molecular formula is C14H14N2. The van der Waals surface area contributed by atoms with Crippen LogP contribution in [-0.4, -0.2) is 9.78 Å². The maximum Gasteiger partial charge on any atom is 0.0493 e. The molecule has 0 radical (unpaired) electrons. The van der Waals surface area contributed by atoms with Crippen LogP contribution in [0.2, 0.25) is 0 Å². The lowest BCUT2D eigenvalue weighted by molar-refractivity contribution is 0.934. The summed E-state index contributed by atoms with van der Waals surface area (Å²) in [5.74, 6) is 0. The van der Waals surface area contributed by atoms with Crippen molar-refractivity contribution in [3.8, 4) is 0 Å². The Morgan fingerprint density at radius 3 is 2.69 bits per heavy atom. The molecule has 1 heterocycles. The molecule has 0 spiro atoms. The molecule has 16 heavy (non-hydrogen) atoms. The minimum atomic E-state index is 1.20. The first kappa shape index (κ1) is 10.4. The van der Waals surface area contributed by atoms with E-state index in [4.69, 9.17) is 0 Å². The molecule has 2 nitrogen and oxygen atoms in total. The van der Waals surface area contributed by atoms with Gasteiger partial charge in [-0.2, -0.15) is 5.10 Å². The number of hydrogen-bond donors (Lipinski definition) is 0. The van der Waals surface area contributed by atoms with Gasteiger partial charge in [0.1, 0.15) is 0 Å². The Balaban J connectivity index is 2.09. The molecule has 0 aliphatic heterocycles. The largest absolute Gasteiger partial charge is 0.248 e. The second kappa shape index (κ2) is 5.12. The molecule has 0 N–H and O–H groups in total. The third kappa shape index (κ3) is 2.95. The van der Waals surface area contributed by atoms with E-state index >= 15 is 0 Å². The Morgan fingerprint density at radius 1 is 1.19 bits per heavy atom. The van der Waals surface area contributed by atoms with Crippen LogP contribution in [0.4, 0.5) is 0 Å². The molecule has 2 aromatic rings. The standard InChI is InChI=1S/C14H14N2/c1-13(8-11-16-10-5-9-15-16)12-14-6-3-2-4-7-14/h2-12H,1H3/b11-8-,13-12+. The van der Waals surface area contributed by atoms with E-state index in [1.54, 1.807) is 10.9 Å². The summed E-state index contributed by atoms with van der Waals surface area (Å²) in [5.41, 5.74) is 2.41. The monoisotopic (exact) mass is 210 g/mol. The molecule has 0 aliphatic carbocycles. The van der Waals surface area contributed by atoms with Crippen LogP contribution < -0.4 is 0 Å². The first-order valence-corrected chi connectivity index (χ1v) is 5.25. The van der Waals surface area contributed by atoms with Gasteiger partial charge in [0, 0.05) is 18.6 Å². The lowest BCUT2D eigenvalue weighted by Gasteiger charge is -1.95. The number of aromatic nitrogens is 2. The normalized spacial score (nSPS) is 12.2. The maximum atomic E-state index is 4.10. The van der Waals surface area contributed by atoms with Crippen molar-refractivity contribution in [2.24, 2.45) is 0 Å². The van der Waals surface area contributed by atoms with Crippen LogP contribution in [0.3, 0.4) is 0 Å². The molecule has 1 aromatic heterocycles. The topological polar surface area (TPSA) is 17.8 Å². The molecule has 0 saturated carbocycles. The third-order valence-electron chi connectivity index (χ3n) is 2.21. The van der Waals surface area contributed by atoms with Gasteiger partial charge < -0.3 is 0 Å².